The predicted molar refractivity (Wildman–Crippen MR) is 99.4 cm³/mol. The van der Waals surface area contributed by atoms with E-state index in [9.17, 15) is 9.59 Å². The highest BCUT2D eigenvalue weighted by Crippen LogP contribution is 2.23. The summed E-state index contributed by atoms with van der Waals surface area (Å²) in [4.78, 5) is 33.5. The van der Waals surface area contributed by atoms with Crippen LogP contribution in [-0.2, 0) is 11.2 Å². The summed E-state index contributed by atoms with van der Waals surface area (Å²) in [5.74, 6) is 0.787. The number of anilines is 1. The molecule has 25 heavy (non-hydrogen) atoms. The maximum atomic E-state index is 12.2. The van der Waals surface area contributed by atoms with Crippen molar-refractivity contribution in [1.82, 2.24) is 19.5 Å². The maximum absolute atomic E-state index is 12.2. The molecule has 1 aliphatic heterocycles. The molecule has 0 aliphatic carbocycles. The van der Waals surface area contributed by atoms with Crippen molar-refractivity contribution >= 4 is 27.3 Å². The van der Waals surface area contributed by atoms with Gasteiger partial charge in [-0.05, 0) is 18.8 Å². The van der Waals surface area contributed by atoms with Crippen LogP contribution in [0.2, 0.25) is 0 Å². The number of aromatic nitrogens is 3. The predicted octanol–water partition coefficient (Wildman–Crippen LogP) is 1.80. The van der Waals surface area contributed by atoms with Crippen molar-refractivity contribution in [3.05, 3.63) is 22.1 Å². The number of aryl methyl sites for hydroxylation is 1. The molecular weight excluding hydrogens is 338 g/mol. The number of carbonyl (C=O) groups is 1. The first-order valence-electron chi connectivity index (χ1n) is 8.90. The molecule has 3 rings (SSSR count). The molecule has 0 bridgehead atoms. The number of hydrogen-bond donors (Lipinski definition) is 0. The molecule has 0 atom stereocenters. The van der Waals surface area contributed by atoms with Gasteiger partial charge in [0.25, 0.3) is 5.56 Å². The summed E-state index contributed by atoms with van der Waals surface area (Å²) in [5, 5.41) is 5.22. The fourth-order valence-corrected chi connectivity index (χ4v) is 3.85. The van der Waals surface area contributed by atoms with Gasteiger partial charge in [-0.1, -0.05) is 32.1 Å². The summed E-state index contributed by atoms with van der Waals surface area (Å²) >= 11 is 1.43. The van der Waals surface area contributed by atoms with Gasteiger partial charge in [0.05, 0.1) is 0 Å². The molecule has 3 heterocycles. The molecule has 0 saturated carbocycles. The van der Waals surface area contributed by atoms with Crippen LogP contribution in [0.4, 0.5) is 5.13 Å². The van der Waals surface area contributed by atoms with Gasteiger partial charge in [-0.3, -0.25) is 9.59 Å². The van der Waals surface area contributed by atoms with Crippen LogP contribution in [0.25, 0.3) is 4.96 Å². The average molecular weight is 363 g/mol. The zero-order chi connectivity index (χ0) is 18.0. The Bertz CT molecular complexity index is 805. The molecule has 1 amide bonds. The standard InChI is InChI=1S/C17H25N5O2S/c1-4-13-11-15(24)22-16(18-13)25-17(19-22)21-9-7-20(8-10-21)14(23)6-5-12(2)3/h11-12H,4-10H2,1-3H3. The van der Waals surface area contributed by atoms with E-state index >= 15 is 0 Å². The van der Waals surface area contributed by atoms with Crippen molar-refractivity contribution in [3.8, 4) is 0 Å². The molecule has 0 radical (unpaired) electrons. The summed E-state index contributed by atoms with van der Waals surface area (Å²) in [6, 6.07) is 1.54. The minimum Gasteiger partial charge on any atom is -0.343 e. The van der Waals surface area contributed by atoms with Crippen molar-refractivity contribution in [2.75, 3.05) is 31.1 Å². The second kappa shape index (κ2) is 7.51. The van der Waals surface area contributed by atoms with Gasteiger partial charge < -0.3 is 9.80 Å². The van der Waals surface area contributed by atoms with Crippen molar-refractivity contribution in [2.45, 2.75) is 40.0 Å². The van der Waals surface area contributed by atoms with Gasteiger partial charge in [0.15, 0.2) is 0 Å². The van der Waals surface area contributed by atoms with Crippen LogP contribution in [0, 0.1) is 5.92 Å². The number of amides is 1. The molecule has 0 aromatic carbocycles. The van der Waals surface area contributed by atoms with Gasteiger partial charge in [0.2, 0.25) is 16.0 Å². The van der Waals surface area contributed by atoms with Crippen molar-refractivity contribution in [1.29, 1.82) is 0 Å². The third kappa shape index (κ3) is 4.00. The van der Waals surface area contributed by atoms with Crippen LogP contribution in [-0.4, -0.2) is 51.6 Å². The van der Waals surface area contributed by atoms with Gasteiger partial charge in [-0.25, -0.2) is 4.98 Å². The van der Waals surface area contributed by atoms with Crippen molar-refractivity contribution in [2.24, 2.45) is 5.92 Å². The third-order valence-corrected chi connectivity index (χ3v) is 5.46. The van der Waals surface area contributed by atoms with Crippen LogP contribution in [0.3, 0.4) is 0 Å². The number of carbonyl (C=O) groups excluding carboxylic acids is 1. The van der Waals surface area contributed by atoms with Gasteiger partial charge in [0.1, 0.15) is 0 Å². The summed E-state index contributed by atoms with van der Waals surface area (Å²) in [6.45, 7) is 9.14. The molecule has 136 valence electrons. The van der Waals surface area contributed by atoms with E-state index in [2.05, 4.69) is 28.8 Å². The van der Waals surface area contributed by atoms with E-state index in [1.807, 2.05) is 11.8 Å². The Hall–Kier alpha value is -1.96. The number of nitrogens with zero attached hydrogens (tertiary/aromatic N) is 5. The molecule has 1 fully saturated rings. The van der Waals surface area contributed by atoms with E-state index in [0.29, 0.717) is 30.4 Å². The van der Waals surface area contributed by atoms with Crippen LogP contribution < -0.4 is 10.5 Å². The molecule has 0 unspecified atom stereocenters. The maximum Gasteiger partial charge on any atom is 0.275 e. The van der Waals surface area contributed by atoms with Crippen LogP contribution >= 0.6 is 11.3 Å². The van der Waals surface area contributed by atoms with Crippen LogP contribution in [0.15, 0.2) is 10.9 Å². The largest absolute Gasteiger partial charge is 0.343 e. The van der Waals surface area contributed by atoms with Crippen molar-refractivity contribution < 1.29 is 4.79 Å². The van der Waals surface area contributed by atoms with Crippen LogP contribution in [0.1, 0.15) is 39.3 Å². The van der Waals surface area contributed by atoms with E-state index in [-0.39, 0.29) is 11.5 Å². The zero-order valence-electron chi connectivity index (χ0n) is 15.1. The molecule has 1 saturated heterocycles. The lowest BCUT2D eigenvalue weighted by Crippen LogP contribution is -2.48. The van der Waals surface area contributed by atoms with Crippen LogP contribution in [0.5, 0.6) is 0 Å². The number of piperazine rings is 1. The highest BCUT2D eigenvalue weighted by molar-refractivity contribution is 7.20. The molecule has 2 aromatic heterocycles. The minimum absolute atomic E-state index is 0.133. The minimum atomic E-state index is -0.133. The topological polar surface area (TPSA) is 70.8 Å². The molecule has 8 heteroatoms. The quantitative estimate of drug-likeness (QED) is 0.810. The summed E-state index contributed by atoms with van der Waals surface area (Å²) in [7, 11) is 0. The second-order valence-corrected chi connectivity index (χ2v) is 7.75. The van der Waals surface area contributed by atoms with E-state index in [4.69, 9.17) is 0 Å². The lowest BCUT2D eigenvalue weighted by molar-refractivity contribution is -0.131. The molecule has 0 spiro atoms. The van der Waals surface area contributed by atoms with E-state index in [1.54, 1.807) is 6.07 Å². The Labute approximate surface area is 151 Å². The van der Waals surface area contributed by atoms with Gasteiger partial charge in [-0.2, -0.15) is 4.52 Å². The first-order valence-corrected chi connectivity index (χ1v) is 9.72. The lowest BCUT2D eigenvalue weighted by atomic mass is 10.1. The normalized spacial score (nSPS) is 15.4. The van der Waals surface area contributed by atoms with Gasteiger partial charge in [0, 0.05) is 44.4 Å². The van der Waals surface area contributed by atoms with E-state index < -0.39 is 0 Å². The Kier molecular flexibility index (Phi) is 5.36. The Balaban J connectivity index is 1.67. The summed E-state index contributed by atoms with van der Waals surface area (Å²) < 4.78 is 1.37. The fourth-order valence-electron chi connectivity index (χ4n) is 2.87. The highest BCUT2D eigenvalue weighted by Gasteiger charge is 2.23. The average Bonchev–Trinajstić information content (AvgIpc) is 3.04. The number of fused-ring (bicyclic) bond motifs is 1. The SMILES string of the molecule is CCc1cc(=O)n2nc(N3CCN(C(=O)CCC(C)C)CC3)sc2n1. The molecular formula is C17H25N5O2S. The first-order chi connectivity index (χ1) is 12.0. The monoisotopic (exact) mass is 363 g/mol. The first kappa shape index (κ1) is 17.8. The molecule has 2 aromatic rings. The summed E-state index contributed by atoms with van der Waals surface area (Å²) in [6.07, 6.45) is 2.29. The Morgan fingerprint density at radius 1 is 1.28 bits per heavy atom. The fraction of sp³-hybridized carbons (Fsp3) is 0.647. The zero-order valence-corrected chi connectivity index (χ0v) is 15.9. The van der Waals surface area contributed by atoms with E-state index in [0.717, 1.165) is 36.8 Å². The van der Waals surface area contributed by atoms with Gasteiger partial charge in [-0.15, -0.1) is 5.10 Å². The highest BCUT2D eigenvalue weighted by atomic mass is 32.1. The lowest BCUT2D eigenvalue weighted by Gasteiger charge is -2.34. The Morgan fingerprint density at radius 3 is 2.64 bits per heavy atom. The molecule has 7 nitrogen and oxygen atoms in total. The molecule has 1 aliphatic rings. The van der Waals surface area contributed by atoms with Gasteiger partial charge >= 0.3 is 0 Å². The second-order valence-electron chi connectivity index (χ2n) is 6.82. The van der Waals surface area contributed by atoms with Crippen molar-refractivity contribution in [3.63, 3.8) is 0 Å². The smallest absolute Gasteiger partial charge is 0.275 e. The van der Waals surface area contributed by atoms with E-state index in [1.165, 1.54) is 15.9 Å². The molecule has 0 N–H and O–H groups in total. The summed E-state index contributed by atoms with van der Waals surface area (Å²) in [5.41, 5.74) is 0.660. The Morgan fingerprint density at radius 2 is 2.00 bits per heavy atom. The number of hydrogen-bond acceptors (Lipinski definition) is 6. The third-order valence-electron chi connectivity index (χ3n) is 4.49. The number of rotatable bonds is 5.